The van der Waals surface area contributed by atoms with Crippen molar-refractivity contribution in [3.05, 3.63) is 18.1 Å². The van der Waals surface area contributed by atoms with Crippen LogP contribution >= 0.6 is 0 Å². The fourth-order valence-corrected chi connectivity index (χ4v) is 2.60. The zero-order valence-electron chi connectivity index (χ0n) is 12.9. The summed E-state index contributed by atoms with van der Waals surface area (Å²) >= 11 is 0. The number of hydrogen-bond donors (Lipinski definition) is 1. The molecule has 20 heavy (non-hydrogen) atoms. The van der Waals surface area contributed by atoms with Crippen LogP contribution in [0.5, 0.6) is 5.88 Å². The third kappa shape index (κ3) is 4.75. The van der Waals surface area contributed by atoms with E-state index in [2.05, 4.69) is 36.1 Å². The Morgan fingerprint density at radius 2 is 2.05 bits per heavy atom. The van der Waals surface area contributed by atoms with Crippen molar-refractivity contribution in [2.24, 2.45) is 11.8 Å². The van der Waals surface area contributed by atoms with Crippen molar-refractivity contribution in [2.75, 3.05) is 6.54 Å². The van der Waals surface area contributed by atoms with Gasteiger partial charge in [0.2, 0.25) is 5.88 Å². The first-order valence-electron chi connectivity index (χ1n) is 7.83. The molecule has 1 fully saturated rings. The molecule has 1 saturated carbocycles. The average Bonchev–Trinajstić information content (AvgIpc) is 2.43. The molecule has 2 atom stereocenters. The van der Waals surface area contributed by atoms with Gasteiger partial charge in [0, 0.05) is 6.54 Å². The van der Waals surface area contributed by atoms with Gasteiger partial charge in [-0.2, -0.15) is 0 Å². The number of aromatic nitrogens is 2. The molecule has 0 bridgehead atoms. The lowest BCUT2D eigenvalue weighted by molar-refractivity contribution is 0.0970. The minimum atomic E-state index is 0.308. The van der Waals surface area contributed by atoms with E-state index in [9.17, 15) is 0 Å². The van der Waals surface area contributed by atoms with Gasteiger partial charge in [-0.1, -0.05) is 27.2 Å². The molecule has 112 valence electrons. The maximum atomic E-state index is 5.97. The van der Waals surface area contributed by atoms with Crippen LogP contribution in [-0.2, 0) is 6.54 Å². The fourth-order valence-electron chi connectivity index (χ4n) is 2.60. The molecule has 4 heteroatoms. The lowest BCUT2D eigenvalue weighted by atomic mass is 9.88. The van der Waals surface area contributed by atoms with Gasteiger partial charge in [0.1, 0.15) is 6.10 Å². The van der Waals surface area contributed by atoms with E-state index >= 15 is 0 Å². The van der Waals surface area contributed by atoms with Gasteiger partial charge in [0.15, 0.2) is 0 Å². The van der Waals surface area contributed by atoms with Crippen LogP contribution in [-0.4, -0.2) is 22.6 Å². The van der Waals surface area contributed by atoms with Crippen molar-refractivity contribution < 1.29 is 4.74 Å². The van der Waals surface area contributed by atoms with Crippen molar-refractivity contribution in [3.63, 3.8) is 0 Å². The van der Waals surface area contributed by atoms with Gasteiger partial charge in [-0.05, 0) is 37.6 Å². The Labute approximate surface area is 122 Å². The molecule has 1 aliphatic rings. The molecule has 0 aromatic carbocycles. The van der Waals surface area contributed by atoms with E-state index in [-0.39, 0.29) is 0 Å². The molecule has 1 aliphatic carbocycles. The summed E-state index contributed by atoms with van der Waals surface area (Å²) in [4.78, 5) is 8.80. The summed E-state index contributed by atoms with van der Waals surface area (Å²) in [5.41, 5.74) is 0.967. The molecule has 0 amide bonds. The Balaban J connectivity index is 1.81. The fraction of sp³-hybridized carbons (Fsp3) is 0.750. The lowest BCUT2D eigenvalue weighted by Gasteiger charge is -2.28. The second-order valence-corrected chi connectivity index (χ2v) is 6.29. The minimum absolute atomic E-state index is 0.308. The highest BCUT2D eigenvalue weighted by atomic mass is 16.5. The maximum Gasteiger partial charge on any atom is 0.232 e. The van der Waals surface area contributed by atoms with Gasteiger partial charge in [0.05, 0.1) is 18.1 Å². The highest BCUT2D eigenvalue weighted by molar-refractivity contribution is 5.08. The molecule has 1 aromatic heterocycles. The monoisotopic (exact) mass is 277 g/mol. The van der Waals surface area contributed by atoms with Crippen molar-refractivity contribution >= 4 is 0 Å². The van der Waals surface area contributed by atoms with E-state index in [0.717, 1.165) is 25.2 Å². The van der Waals surface area contributed by atoms with Crippen molar-refractivity contribution in [3.8, 4) is 5.88 Å². The Morgan fingerprint density at radius 1 is 1.25 bits per heavy atom. The van der Waals surface area contributed by atoms with Crippen LogP contribution in [0.2, 0.25) is 0 Å². The zero-order valence-corrected chi connectivity index (χ0v) is 12.9. The van der Waals surface area contributed by atoms with E-state index in [0.29, 0.717) is 23.8 Å². The number of nitrogens with zero attached hydrogens (tertiary/aromatic N) is 2. The van der Waals surface area contributed by atoms with E-state index in [1.165, 1.54) is 19.3 Å². The van der Waals surface area contributed by atoms with E-state index in [4.69, 9.17) is 4.74 Å². The van der Waals surface area contributed by atoms with Crippen molar-refractivity contribution in [1.29, 1.82) is 0 Å². The van der Waals surface area contributed by atoms with Gasteiger partial charge in [0.25, 0.3) is 0 Å². The predicted molar refractivity (Wildman–Crippen MR) is 80.6 cm³/mol. The molecule has 0 saturated heterocycles. The van der Waals surface area contributed by atoms with Gasteiger partial charge >= 0.3 is 0 Å². The molecule has 1 aromatic rings. The second kappa shape index (κ2) is 7.58. The second-order valence-electron chi connectivity index (χ2n) is 6.29. The normalized spacial score (nSPS) is 23.0. The number of rotatable bonds is 6. The van der Waals surface area contributed by atoms with Crippen molar-refractivity contribution in [1.82, 2.24) is 15.3 Å². The first-order valence-corrected chi connectivity index (χ1v) is 7.83. The molecule has 2 rings (SSSR count). The molecular weight excluding hydrogens is 250 g/mol. The largest absolute Gasteiger partial charge is 0.473 e. The molecule has 0 aliphatic heterocycles. The number of hydrogen-bond acceptors (Lipinski definition) is 4. The minimum Gasteiger partial charge on any atom is -0.473 e. The van der Waals surface area contributed by atoms with Crippen LogP contribution in [0, 0.1) is 11.8 Å². The zero-order chi connectivity index (χ0) is 14.4. The summed E-state index contributed by atoms with van der Waals surface area (Å²) in [6.45, 7) is 8.42. The van der Waals surface area contributed by atoms with Gasteiger partial charge in [-0.15, -0.1) is 0 Å². The summed E-state index contributed by atoms with van der Waals surface area (Å²) < 4.78 is 5.97. The molecule has 0 radical (unpaired) electrons. The average molecular weight is 277 g/mol. The molecule has 1 N–H and O–H groups in total. The third-order valence-corrected chi connectivity index (χ3v) is 3.85. The molecular formula is C16H27N3O. The predicted octanol–water partition coefficient (Wildman–Crippen LogP) is 3.18. The molecule has 0 spiro atoms. The summed E-state index contributed by atoms with van der Waals surface area (Å²) in [7, 11) is 0. The van der Waals surface area contributed by atoms with Crippen LogP contribution in [0.25, 0.3) is 0 Å². The van der Waals surface area contributed by atoms with E-state index in [1.807, 2.05) is 6.20 Å². The standard InChI is InChI=1S/C16H27N3O/c1-12(2)8-17-9-14-10-19-16(11-18-14)20-15-7-5-4-6-13(15)3/h10-13,15,17H,4-9H2,1-3H3. The smallest absolute Gasteiger partial charge is 0.232 e. The summed E-state index contributed by atoms with van der Waals surface area (Å²) in [6, 6.07) is 0. The maximum absolute atomic E-state index is 5.97. The van der Waals surface area contributed by atoms with Crippen LogP contribution in [0.1, 0.15) is 52.1 Å². The number of ether oxygens (including phenoxy) is 1. The first-order chi connectivity index (χ1) is 9.65. The third-order valence-electron chi connectivity index (χ3n) is 3.85. The molecule has 1 heterocycles. The van der Waals surface area contributed by atoms with Gasteiger partial charge in [-0.3, -0.25) is 4.98 Å². The Bertz CT molecular complexity index is 391. The van der Waals surface area contributed by atoms with Crippen LogP contribution in [0.15, 0.2) is 12.4 Å². The first kappa shape index (κ1) is 15.2. The topological polar surface area (TPSA) is 47.0 Å². The number of nitrogens with one attached hydrogen (secondary N) is 1. The Hall–Kier alpha value is -1.16. The summed E-state index contributed by atoms with van der Waals surface area (Å²) in [5.74, 6) is 1.94. The quantitative estimate of drug-likeness (QED) is 0.867. The van der Waals surface area contributed by atoms with Gasteiger partial charge in [-0.25, -0.2) is 4.98 Å². The van der Waals surface area contributed by atoms with Crippen molar-refractivity contribution in [2.45, 2.75) is 59.1 Å². The Kier molecular flexibility index (Phi) is 5.77. The highest BCUT2D eigenvalue weighted by Gasteiger charge is 2.23. The molecule has 2 unspecified atom stereocenters. The van der Waals surface area contributed by atoms with E-state index < -0.39 is 0 Å². The van der Waals surface area contributed by atoms with Crippen LogP contribution in [0.4, 0.5) is 0 Å². The van der Waals surface area contributed by atoms with Crippen LogP contribution < -0.4 is 10.1 Å². The Morgan fingerprint density at radius 3 is 2.70 bits per heavy atom. The molecule has 4 nitrogen and oxygen atoms in total. The summed E-state index contributed by atoms with van der Waals surface area (Å²) in [5, 5.41) is 3.37. The van der Waals surface area contributed by atoms with Gasteiger partial charge < -0.3 is 10.1 Å². The van der Waals surface area contributed by atoms with E-state index in [1.54, 1.807) is 6.20 Å². The van der Waals surface area contributed by atoms with Crippen LogP contribution in [0.3, 0.4) is 0 Å². The lowest BCUT2D eigenvalue weighted by Crippen LogP contribution is -2.28. The SMILES string of the molecule is CC(C)CNCc1cnc(OC2CCCCC2C)cn1. The summed E-state index contributed by atoms with van der Waals surface area (Å²) in [6.07, 6.45) is 8.87. The highest BCUT2D eigenvalue weighted by Crippen LogP contribution is 2.26.